The average Bonchev–Trinajstić information content (AvgIpc) is 2.43. The van der Waals surface area contributed by atoms with E-state index in [9.17, 15) is 14.7 Å². The monoisotopic (exact) mass is 275 g/mol. The lowest BCUT2D eigenvalue weighted by Crippen LogP contribution is -2.93. The number of anilines is 1. The number of hydrogen-bond acceptors (Lipinski definition) is 4. The van der Waals surface area contributed by atoms with Gasteiger partial charge in [0.1, 0.15) is 12.1 Å². The Morgan fingerprint density at radius 2 is 2.15 bits per heavy atom. The molecule has 1 rings (SSSR count). The number of rotatable bonds is 7. The summed E-state index contributed by atoms with van der Waals surface area (Å²) in [6.45, 7) is 2.53. The van der Waals surface area contributed by atoms with Gasteiger partial charge in [-0.2, -0.15) is 5.26 Å². The van der Waals surface area contributed by atoms with E-state index in [-0.39, 0.29) is 6.42 Å². The molecule has 0 aromatic heterocycles. The highest BCUT2D eigenvalue weighted by Crippen LogP contribution is 2.13. The average molecular weight is 275 g/mol. The lowest BCUT2D eigenvalue weighted by Gasteiger charge is -2.16. The van der Waals surface area contributed by atoms with Crippen molar-refractivity contribution in [1.82, 2.24) is 0 Å². The SMILES string of the molecule is CCC[NH2+][C@@H](CC(=O)Nc1ccccc1C#N)C(=O)[O-]. The first-order valence-electron chi connectivity index (χ1n) is 6.41. The highest BCUT2D eigenvalue weighted by atomic mass is 16.4. The maximum atomic E-state index is 11.8. The lowest BCUT2D eigenvalue weighted by atomic mass is 10.1. The van der Waals surface area contributed by atoms with Gasteiger partial charge in [-0.1, -0.05) is 19.1 Å². The number of benzene rings is 1. The first-order chi connectivity index (χ1) is 9.58. The van der Waals surface area contributed by atoms with Gasteiger partial charge in [-0.15, -0.1) is 0 Å². The Morgan fingerprint density at radius 3 is 2.75 bits per heavy atom. The quantitative estimate of drug-likeness (QED) is 0.663. The number of nitrogens with one attached hydrogen (secondary N) is 1. The second-order valence-corrected chi connectivity index (χ2v) is 4.36. The second kappa shape index (κ2) is 7.92. The second-order valence-electron chi connectivity index (χ2n) is 4.36. The van der Waals surface area contributed by atoms with Crippen molar-refractivity contribution in [2.75, 3.05) is 11.9 Å². The Balaban J connectivity index is 2.66. The zero-order valence-corrected chi connectivity index (χ0v) is 11.3. The molecular formula is C14H17N3O3. The lowest BCUT2D eigenvalue weighted by molar-refractivity contribution is -0.682. The van der Waals surface area contributed by atoms with Crippen molar-refractivity contribution in [3.8, 4) is 6.07 Å². The number of carboxylic acid groups (broad SMARTS) is 1. The number of carbonyl (C=O) groups is 2. The summed E-state index contributed by atoms with van der Waals surface area (Å²) in [5.74, 6) is -1.71. The highest BCUT2D eigenvalue weighted by molar-refractivity contribution is 5.94. The predicted octanol–water partition coefficient (Wildman–Crippen LogP) is -1.02. The number of nitrogens with two attached hydrogens (primary N) is 1. The first-order valence-corrected chi connectivity index (χ1v) is 6.41. The number of nitriles is 1. The first kappa shape index (κ1) is 15.7. The van der Waals surface area contributed by atoms with Crippen molar-refractivity contribution in [3.05, 3.63) is 29.8 Å². The molecule has 6 nitrogen and oxygen atoms in total. The van der Waals surface area contributed by atoms with E-state index < -0.39 is 17.9 Å². The van der Waals surface area contributed by atoms with E-state index in [2.05, 4.69) is 5.32 Å². The molecule has 0 saturated carbocycles. The maximum absolute atomic E-state index is 11.8. The van der Waals surface area contributed by atoms with Gasteiger partial charge in [-0.3, -0.25) is 4.79 Å². The third-order valence-corrected chi connectivity index (χ3v) is 2.77. The van der Waals surface area contributed by atoms with Crippen LogP contribution in [-0.4, -0.2) is 24.5 Å². The van der Waals surface area contributed by atoms with Crippen molar-refractivity contribution in [2.45, 2.75) is 25.8 Å². The molecule has 6 heteroatoms. The van der Waals surface area contributed by atoms with Gasteiger partial charge in [0.25, 0.3) is 0 Å². The van der Waals surface area contributed by atoms with Gasteiger partial charge in [-0.05, 0) is 18.6 Å². The molecule has 0 heterocycles. The molecule has 1 atom stereocenters. The minimum Gasteiger partial charge on any atom is -0.544 e. The van der Waals surface area contributed by atoms with Crippen LogP contribution in [0.2, 0.25) is 0 Å². The summed E-state index contributed by atoms with van der Waals surface area (Å²) in [4.78, 5) is 22.8. The van der Waals surface area contributed by atoms with E-state index in [4.69, 9.17) is 5.26 Å². The summed E-state index contributed by atoms with van der Waals surface area (Å²) in [6.07, 6.45) is 0.616. The summed E-state index contributed by atoms with van der Waals surface area (Å²) in [5, 5.41) is 24.0. The number of amides is 1. The molecule has 1 amide bonds. The summed E-state index contributed by atoms with van der Waals surface area (Å²) >= 11 is 0. The molecule has 1 aromatic carbocycles. The van der Waals surface area contributed by atoms with Crippen LogP contribution in [-0.2, 0) is 9.59 Å². The Kier molecular flexibility index (Phi) is 6.20. The van der Waals surface area contributed by atoms with E-state index in [1.165, 1.54) is 0 Å². The van der Waals surface area contributed by atoms with E-state index >= 15 is 0 Å². The van der Waals surface area contributed by atoms with E-state index in [0.717, 1.165) is 6.42 Å². The number of quaternary nitrogens is 1. The Morgan fingerprint density at radius 1 is 1.45 bits per heavy atom. The van der Waals surface area contributed by atoms with Crippen LogP contribution in [0.1, 0.15) is 25.3 Å². The molecule has 3 N–H and O–H groups in total. The Hall–Kier alpha value is -2.39. The minimum atomic E-state index is -1.26. The van der Waals surface area contributed by atoms with Gasteiger partial charge in [0.2, 0.25) is 5.91 Å². The van der Waals surface area contributed by atoms with Gasteiger partial charge in [0.15, 0.2) is 0 Å². The van der Waals surface area contributed by atoms with Gasteiger partial charge in [0, 0.05) is 0 Å². The van der Waals surface area contributed by atoms with E-state index in [1.54, 1.807) is 29.6 Å². The Labute approximate surface area is 117 Å². The van der Waals surface area contributed by atoms with Gasteiger partial charge in [0.05, 0.1) is 30.2 Å². The third kappa shape index (κ3) is 4.71. The molecule has 0 saturated heterocycles. The van der Waals surface area contributed by atoms with Crippen LogP contribution in [0.15, 0.2) is 24.3 Å². The molecule has 0 radical (unpaired) electrons. The summed E-state index contributed by atoms with van der Waals surface area (Å²) in [5.41, 5.74) is 0.718. The maximum Gasteiger partial charge on any atom is 0.230 e. The van der Waals surface area contributed by atoms with E-state index in [0.29, 0.717) is 17.8 Å². The molecule has 0 fully saturated rings. The third-order valence-electron chi connectivity index (χ3n) is 2.77. The van der Waals surface area contributed by atoms with Crippen molar-refractivity contribution in [1.29, 1.82) is 5.26 Å². The van der Waals surface area contributed by atoms with E-state index in [1.807, 2.05) is 13.0 Å². The smallest absolute Gasteiger partial charge is 0.230 e. The molecule has 0 aliphatic heterocycles. The molecule has 0 spiro atoms. The van der Waals surface area contributed by atoms with Crippen LogP contribution in [0, 0.1) is 11.3 Å². The van der Waals surface area contributed by atoms with Crippen molar-refractivity contribution < 1.29 is 20.0 Å². The number of hydrogen-bond donors (Lipinski definition) is 2. The van der Waals surface area contributed by atoms with Crippen LogP contribution in [0.25, 0.3) is 0 Å². The number of carboxylic acids is 1. The number of para-hydroxylation sites is 1. The van der Waals surface area contributed by atoms with Crippen LogP contribution >= 0.6 is 0 Å². The fourth-order valence-corrected chi connectivity index (χ4v) is 1.72. The summed E-state index contributed by atoms with van der Waals surface area (Å²) in [6, 6.07) is 7.60. The fourth-order valence-electron chi connectivity index (χ4n) is 1.72. The van der Waals surface area contributed by atoms with Crippen molar-refractivity contribution in [2.24, 2.45) is 0 Å². The zero-order chi connectivity index (χ0) is 15.0. The van der Waals surface area contributed by atoms with Crippen molar-refractivity contribution in [3.63, 3.8) is 0 Å². The highest BCUT2D eigenvalue weighted by Gasteiger charge is 2.18. The number of carbonyl (C=O) groups excluding carboxylic acids is 2. The minimum absolute atomic E-state index is 0.192. The standard InChI is InChI=1S/C14H17N3O3/c1-2-7-16-12(14(19)20)8-13(18)17-11-6-4-3-5-10(11)9-15/h3-6,12,16H,2,7-8H2,1H3,(H,17,18)(H,19,20)/t12-/m0/s1. The topological polar surface area (TPSA) is 110 Å². The zero-order valence-electron chi connectivity index (χ0n) is 11.3. The molecule has 0 aliphatic carbocycles. The molecule has 20 heavy (non-hydrogen) atoms. The predicted molar refractivity (Wildman–Crippen MR) is 70.3 cm³/mol. The van der Waals surface area contributed by atoms with Gasteiger partial charge in [-0.25, -0.2) is 0 Å². The fraction of sp³-hybridized carbons (Fsp3) is 0.357. The number of aliphatic carboxylic acids is 1. The van der Waals surface area contributed by atoms with Crippen LogP contribution < -0.4 is 15.7 Å². The molecule has 1 aromatic rings. The summed E-state index contributed by atoms with van der Waals surface area (Å²) < 4.78 is 0. The van der Waals surface area contributed by atoms with Crippen LogP contribution in [0.3, 0.4) is 0 Å². The van der Waals surface area contributed by atoms with Gasteiger partial charge >= 0.3 is 0 Å². The molecule has 0 aliphatic rings. The molecule has 0 unspecified atom stereocenters. The molecule has 106 valence electrons. The van der Waals surface area contributed by atoms with Gasteiger partial charge < -0.3 is 20.5 Å². The van der Waals surface area contributed by atoms with Crippen molar-refractivity contribution >= 4 is 17.6 Å². The molecular weight excluding hydrogens is 258 g/mol. The van der Waals surface area contributed by atoms with Crippen LogP contribution in [0.5, 0.6) is 0 Å². The molecule has 0 bridgehead atoms. The van der Waals surface area contributed by atoms with Crippen LogP contribution in [0.4, 0.5) is 5.69 Å². The largest absolute Gasteiger partial charge is 0.544 e. The normalized spacial score (nSPS) is 11.4. The number of nitrogens with zero attached hydrogens (tertiary/aromatic N) is 1. The Bertz CT molecular complexity index is 523. The summed E-state index contributed by atoms with van der Waals surface area (Å²) in [7, 11) is 0.